The second kappa shape index (κ2) is 9.48. The van der Waals surface area contributed by atoms with Crippen LogP contribution < -0.4 is 4.74 Å². The Hall–Kier alpha value is -1.45. The monoisotopic (exact) mass is 264 g/mol. The van der Waals surface area contributed by atoms with E-state index in [-0.39, 0.29) is 5.78 Å². The van der Waals surface area contributed by atoms with Crippen molar-refractivity contribution in [2.45, 2.75) is 58.3 Å². The van der Waals surface area contributed by atoms with Gasteiger partial charge in [0.15, 0.2) is 5.78 Å². The number of carbonyl (C=O) groups is 1. The number of unbranched alkanes of at least 4 members (excludes halogenated alkanes) is 6. The van der Waals surface area contributed by atoms with Gasteiger partial charge >= 0.3 is 0 Å². The van der Waals surface area contributed by atoms with Crippen molar-refractivity contribution < 1.29 is 9.53 Å². The molecule has 1 heterocycles. The van der Waals surface area contributed by atoms with Crippen LogP contribution in [0.15, 0.2) is 12.4 Å². The largest absolute Gasteiger partial charge is 0.481 e. The van der Waals surface area contributed by atoms with Crippen LogP contribution in [0.25, 0.3) is 0 Å². The molecule has 0 atom stereocenters. The standard InChI is InChI=1S/C15H24N2O2/c1-3-4-5-6-7-8-9-10-14(18)13-11-15(19-2)17-12-16-13/h11-12H,3-10H2,1-2H3. The van der Waals surface area contributed by atoms with Crippen LogP contribution in [0.3, 0.4) is 0 Å². The molecule has 0 spiro atoms. The van der Waals surface area contributed by atoms with E-state index in [4.69, 9.17) is 4.74 Å². The average molecular weight is 264 g/mol. The molecule has 0 saturated carbocycles. The number of Topliss-reactive ketones (excluding diaryl/α,β-unsaturated/α-hetero) is 1. The normalized spacial score (nSPS) is 10.4. The molecule has 0 aliphatic carbocycles. The van der Waals surface area contributed by atoms with E-state index < -0.39 is 0 Å². The minimum Gasteiger partial charge on any atom is -0.481 e. The third-order valence-electron chi connectivity index (χ3n) is 3.14. The van der Waals surface area contributed by atoms with E-state index in [2.05, 4.69) is 16.9 Å². The molecule has 1 rings (SSSR count). The lowest BCUT2D eigenvalue weighted by Crippen LogP contribution is -2.03. The quantitative estimate of drug-likeness (QED) is 0.476. The Labute approximate surface area is 115 Å². The Morgan fingerprint density at radius 2 is 1.79 bits per heavy atom. The van der Waals surface area contributed by atoms with Crippen molar-refractivity contribution in [2.75, 3.05) is 7.11 Å². The van der Waals surface area contributed by atoms with Crippen molar-refractivity contribution >= 4 is 5.78 Å². The van der Waals surface area contributed by atoms with Gasteiger partial charge in [-0.25, -0.2) is 9.97 Å². The van der Waals surface area contributed by atoms with E-state index in [1.807, 2.05) is 0 Å². The maximum Gasteiger partial charge on any atom is 0.216 e. The molecule has 0 aliphatic heterocycles. The molecule has 0 unspecified atom stereocenters. The Bertz CT molecular complexity index is 380. The van der Waals surface area contributed by atoms with Gasteiger partial charge in [0, 0.05) is 12.5 Å². The van der Waals surface area contributed by atoms with Gasteiger partial charge in [-0.1, -0.05) is 45.4 Å². The maximum atomic E-state index is 11.9. The minimum absolute atomic E-state index is 0.0780. The second-order valence-corrected chi connectivity index (χ2v) is 4.74. The number of hydrogen-bond acceptors (Lipinski definition) is 4. The third-order valence-corrected chi connectivity index (χ3v) is 3.14. The van der Waals surface area contributed by atoms with Gasteiger partial charge in [0.1, 0.15) is 12.0 Å². The maximum absolute atomic E-state index is 11.9. The smallest absolute Gasteiger partial charge is 0.216 e. The van der Waals surface area contributed by atoms with E-state index in [0.717, 1.165) is 12.8 Å². The molecular formula is C15H24N2O2. The third kappa shape index (κ3) is 6.32. The van der Waals surface area contributed by atoms with Gasteiger partial charge in [-0.15, -0.1) is 0 Å². The fourth-order valence-electron chi connectivity index (χ4n) is 1.97. The van der Waals surface area contributed by atoms with Gasteiger partial charge in [-0.3, -0.25) is 4.79 Å². The van der Waals surface area contributed by atoms with Gasteiger partial charge in [0.2, 0.25) is 5.88 Å². The summed E-state index contributed by atoms with van der Waals surface area (Å²) in [7, 11) is 1.53. The van der Waals surface area contributed by atoms with Crippen molar-refractivity contribution in [3.8, 4) is 5.88 Å². The molecule has 0 N–H and O–H groups in total. The zero-order chi connectivity index (χ0) is 13.9. The number of aromatic nitrogens is 2. The number of rotatable bonds is 10. The van der Waals surface area contributed by atoms with Crippen LogP contribution in [-0.4, -0.2) is 22.9 Å². The molecule has 4 nitrogen and oxygen atoms in total. The Kier molecular flexibility index (Phi) is 7.78. The highest BCUT2D eigenvalue weighted by atomic mass is 16.5. The number of methoxy groups -OCH3 is 1. The minimum atomic E-state index is 0.0780. The van der Waals surface area contributed by atoms with Crippen LogP contribution >= 0.6 is 0 Å². The summed E-state index contributed by atoms with van der Waals surface area (Å²) in [6, 6.07) is 1.60. The van der Waals surface area contributed by atoms with Gasteiger partial charge < -0.3 is 4.74 Å². The van der Waals surface area contributed by atoms with Crippen LogP contribution in [0.4, 0.5) is 0 Å². The number of carbonyl (C=O) groups excluding carboxylic acids is 1. The number of ether oxygens (including phenoxy) is 1. The van der Waals surface area contributed by atoms with Crippen LogP contribution in [0, 0.1) is 0 Å². The van der Waals surface area contributed by atoms with E-state index >= 15 is 0 Å². The Balaban J connectivity index is 2.20. The summed E-state index contributed by atoms with van der Waals surface area (Å²) in [6.45, 7) is 2.22. The van der Waals surface area contributed by atoms with E-state index in [1.165, 1.54) is 45.5 Å². The summed E-state index contributed by atoms with van der Waals surface area (Å²) in [5.74, 6) is 0.521. The lowest BCUT2D eigenvalue weighted by Gasteiger charge is -2.03. The zero-order valence-electron chi connectivity index (χ0n) is 12.0. The van der Waals surface area contributed by atoms with Gasteiger partial charge in [-0.2, -0.15) is 0 Å². The van der Waals surface area contributed by atoms with E-state index in [1.54, 1.807) is 6.07 Å². The van der Waals surface area contributed by atoms with E-state index in [0.29, 0.717) is 18.0 Å². The molecule has 19 heavy (non-hydrogen) atoms. The molecule has 0 aliphatic rings. The predicted octanol–water partition coefficient (Wildman–Crippen LogP) is 3.81. The molecule has 0 aromatic carbocycles. The fraction of sp³-hybridized carbons (Fsp3) is 0.667. The molecular weight excluding hydrogens is 240 g/mol. The first-order valence-corrected chi connectivity index (χ1v) is 7.17. The molecule has 1 aromatic heterocycles. The summed E-state index contributed by atoms with van der Waals surface area (Å²) in [4.78, 5) is 19.8. The highest BCUT2D eigenvalue weighted by molar-refractivity contribution is 5.94. The molecule has 0 radical (unpaired) electrons. The van der Waals surface area contributed by atoms with Crippen molar-refractivity contribution in [2.24, 2.45) is 0 Å². The first kappa shape index (κ1) is 15.6. The van der Waals surface area contributed by atoms with Gasteiger partial charge in [-0.05, 0) is 6.42 Å². The molecule has 4 heteroatoms. The highest BCUT2D eigenvalue weighted by Gasteiger charge is 2.08. The van der Waals surface area contributed by atoms with Crippen molar-refractivity contribution in [3.63, 3.8) is 0 Å². The lowest BCUT2D eigenvalue weighted by molar-refractivity contribution is 0.0973. The number of nitrogens with zero attached hydrogens (tertiary/aromatic N) is 2. The first-order valence-electron chi connectivity index (χ1n) is 7.17. The lowest BCUT2D eigenvalue weighted by atomic mass is 10.1. The van der Waals surface area contributed by atoms with Crippen LogP contribution in [0.1, 0.15) is 68.8 Å². The van der Waals surface area contributed by atoms with Crippen LogP contribution in [-0.2, 0) is 0 Å². The molecule has 0 amide bonds. The number of hydrogen-bond donors (Lipinski definition) is 0. The van der Waals surface area contributed by atoms with Crippen molar-refractivity contribution in [1.82, 2.24) is 9.97 Å². The molecule has 0 fully saturated rings. The Morgan fingerprint density at radius 3 is 2.47 bits per heavy atom. The topological polar surface area (TPSA) is 52.1 Å². The van der Waals surface area contributed by atoms with Crippen molar-refractivity contribution in [3.05, 3.63) is 18.1 Å². The summed E-state index contributed by atoms with van der Waals surface area (Å²) in [5.41, 5.74) is 0.456. The molecule has 106 valence electrons. The fourth-order valence-corrected chi connectivity index (χ4v) is 1.97. The summed E-state index contributed by atoms with van der Waals surface area (Å²) in [5, 5.41) is 0. The summed E-state index contributed by atoms with van der Waals surface area (Å²) in [6.07, 6.45) is 10.4. The number of ketones is 1. The van der Waals surface area contributed by atoms with Crippen LogP contribution in [0.5, 0.6) is 5.88 Å². The molecule has 0 saturated heterocycles. The summed E-state index contributed by atoms with van der Waals surface area (Å²) < 4.78 is 4.98. The second-order valence-electron chi connectivity index (χ2n) is 4.74. The molecule has 1 aromatic rings. The average Bonchev–Trinajstić information content (AvgIpc) is 2.46. The van der Waals surface area contributed by atoms with Crippen LogP contribution in [0.2, 0.25) is 0 Å². The predicted molar refractivity (Wildman–Crippen MR) is 75.5 cm³/mol. The molecule has 0 bridgehead atoms. The first-order chi connectivity index (χ1) is 9.27. The highest BCUT2D eigenvalue weighted by Crippen LogP contribution is 2.12. The van der Waals surface area contributed by atoms with Gasteiger partial charge in [0.25, 0.3) is 0 Å². The zero-order valence-corrected chi connectivity index (χ0v) is 12.0. The van der Waals surface area contributed by atoms with Gasteiger partial charge in [0.05, 0.1) is 7.11 Å². The summed E-state index contributed by atoms with van der Waals surface area (Å²) >= 11 is 0. The van der Waals surface area contributed by atoms with Crippen molar-refractivity contribution in [1.29, 1.82) is 0 Å². The SMILES string of the molecule is CCCCCCCCCC(=O)c1cc(OC)ncn1. The van der Waals surface area contributed by atoms with E-state index in [9.17, 15) is 4.79 Å². The Morgan fingerprint density at radius 1 is 1.11 bits per heavy atom.